The maximum Gasteiger partial charge on any atom is 0.317 e. The number of nitrogens with zero attached hydrogens (tertiary/aromatic N) is 2. The Morgan fingerprint density at radius 1 is 1.00 bits per heavy atom. The van der Waals surface area contributed by atoms with Crippen molar-refractivity contribution < 1.29 is 9.59 Å². The third kappa shape index (κ3) is 7.04. The van der Waals surface area contributed by atoms with E-state index in [2.05, 4.69) is 27.7 Å². The van der Waals surface area contributed by atoms with Gasteiger partial charge in [0.25, 0.3) is 0 Å². The fraction of sp³-hybridized carbons (Fsp3) is 0.600. The van der Waals surface area contributed by atoms with Gasteiger partial charge in [-0.3, -0.25) is 9.69 Å². The Bertz CT molecular complexity index is 568. The van der Waals surface area contributed by atoms with Gasteiger partial charge in [-0.2, -0.15) is 0 Å². The lowest BCUT2D eigenvalue weighted by Gasteiger charge is -2.35. The molecule has 26 heavy (non-hydrogen) atoms. The number of hydrogen-bond acceptors (Lipinski definition) is 3. The third-order valence-electron chi connectivity index (χ3n) is 4.56. The van der Waals surface area contributed by atoms with Crippen molar-refractivity contribution in [1.29, 1.82) is 0 Å². The molecule has 0 saturated carbocycles. The average molecular weight is 361 g/mol. The van der Waals surface area contributed by atoms with E-state index in [1.165, 1.54) is 5.56 Å². The molecule has 0 bridgehead atoms. The summed E-state index contributed by atoms with van der Waals surface area (Å²) in [5.41, 5.74) is 1.29. The van der Waals surface area contributed by atoms with Crippen molar-refractivity contribution in [2.75, 3.05) is 32.7 Å². The molecule has 1 unspecified atom stereocenters. The predicted octanol–water partition coefficient (Wildman–Crippen LogP) is 1.86. The molecule has 144 valence electrons. The van der Waals surface area contributed by atoms with Crippen LogP contribution in [0.15, 0.2) is 30.3 Å². The monoisotopic (exact) mass is 360 g/mol. The fourth-order valence-corrected chi connectivity index (χ4v) is 3.08. The number of amides is 3. The molecule has 1 aliphatic heterocycles. The molecule has 0 spiro atoms. The zero-order valence-corrected chi connectivity index (χ0v) is 16.2. The Hall–Kier alpha value is -2.08. The van der Waals surface area contributed by atoms with Crippen LogP contribution in [0.5, 0.6) is 0 Å². The second-order valence-corrected chi connectivity index (χ2v) is 7.36. The van der Waals surface area contributed by atoms with Crippen LogP contribution in [0.1, 0.15) is 32.8 Å². The maximum atomic E-state index is 12.4. The Morgan fingerprint density at radius 3 is 2.27 bits per heavy atom. The Balaban J connectivity index is 1.66. The maximum absolute atomic E-state index is 12.4. The highest BCUT2D eigenvalue weighted by Crippen LogP contribution is 2.06. The van der Waals surface area contributed by atoms with E-state index in [1.807, 2.05) is 43.9 Å². The van der Waals surface area contributed by atoms with E-state index in [9.17, 15) is 9.59 Å². The summed E-state index contributed by atoms with van der Waals surface area (Å²) in [5, 5.41) is 5.99. The molecule has 0 aromatic heterocycles. The Kier molecular flexibility index (Phi) is 7.91. The van der Waals surface area contributed by atoms with Gasteiger partial charge < -0.3 is 15.5 Å². The number of carbonyl (C=O) groups excluding carboxylic acids is 2. The second-order valence-electron chi connectivity index (χ2n) is 7.36. The van der Waals surface area contributed by atoms with Gasteiger partial charge in [0.2, 0.25) is 5.91 Å². The lowest BCUT2D eigenvalue weighted by molar-refractivity contribution is -0.123. The summed E-state index contributed by atoms with van der Waals surface area (Å²) in [6, 6.07) is 10.6. The largest absolute Gasteiger partial charge is 0.353 e. The van der Waals surface area contributed by atoms with Crippen molar-refractivity contribution in [3.8, 4) is 0 Å². The van der Waals surface area contributed by atoms with Gasteiger partial charge in [0.15, 0.2) is 0 Å². The number of piperazine rings is 1. The SMILES string of the molecule is CC(C)NC(=O)CN1CCN(C(=O)NC(C)CCc2ccccc2)CC1. The predicted molar refractivity (Wildman–Crippen MR) is 104 cm³/mol. The Labute approximate surface area is 156 Å². The zero-order valence-electron chi connectivity index (χ0n) is 16.2. The first-order valence-corrected chi connectivity index (χ1v) is 9.55. The summed E-state index contributed by atoms with van der Waals surface area (Å²) in [6.07, 6.45) is 1.88. The number of aryl methyl sites for hydroxylation is 1. The minimum atomic E-state index is -0.00292. The first-order valence-electron chi connectivity index (χ1n) is 9.55. The molecular weight excluding hydrogens is 328 g/mol. The topological polar surface area (TPSA) is 64.7 Å². The zero-order chi connectivity index (χ0) is 18.9. The molecule has 1 aromatic carbocycles. The normalized spacial score (nSPS) is 16.4. The number of benzene rings is 1. The molecule has 1 fully saturated rings. The first-order chi connectivity index (χ1) is 12.4. The second kappa shape index (κ2) is 10.2. The number of urea groups is 1. The van der Waals surface area contributed by atoms with Crippen LogP contribution in [-0.2, 0) is 11.2 Å². The van der Waals surface area contributed by atoms with Crippen LogP contribution in [0.2, 0.25) is 0 Å². The molecule has 2 N–H and O–H groups in total. The van der Waals surface area contributed by atoms with Gasteiger partial charge in [-0.1, -0.05) is 30.3 Å². The minimum absolute atomic E-state index is 0.00292. The van der Waals surface area contributed by atoms with Crippen LogP contribution >= 0.6 is 0 Å². The highest BCUT2D eigenvalue weighted by atomic mass is 16.2. The average Bonchev–Trinajstić information content (AvgIpc) is 2.60. The van der Waals surface area contributed by atoms with Crippen molar-refractivity contribution in [3.63, 3.8) is 0 Å². The molecule has 1 atom stereocenters. The van der Waals surface area contributed by atoms with E-state index in [0.29, 0.717) is 19.6 Å². The van der Waals surface area contributed by atoms with E-state index in [0.717, 1.165) is 25.9 Å². The van der Waals surface area contributed by atoms with Crippen LogP contribution in [0.3, 0.4) is 0 Å². The molecular formula is C20H32N4O2. The van der Waals surface area contributed by atoms with Gasteiger partial charge in [0, 0.05) is 38.3 Å². The van der Waals surface area contributed by atoms with E-state index in [-0.39, 0.29) is 24.0 Å². The molecule has 1 heterocycles. The van der Waals surface area contributed by atoms with Crippen molar-refractivity contribution in [1.82, 2.24) is 20.4 Å². The molecule has 1 aliphatic rings. The summed E-state index contributed by atoms with van der Waals surface area (Å²) in [5.74, 6) is 0.0486. The molecule has 0 aliphatic carbocycles. The van der Waals surface area contributed by atoms with Gasteiger partial charge in [0.05, 0.1) is 6.54 Å². The van der Waals surface area contributed by atoms with Crippen molar-refractivity contribution in [2.24, 2.45) is 0 Å². The molecule has 2 rings (SSSR count). The summed E-state index contributed by atoms with van der Waals surface area (Å²) in [7, 11) is 0. The number of hydrogen-bond donors (Lipinski definition) is 2. The highest BCUT2D eigenvalue weighted by molar-refractivity contribution is 5.78. The molecule has 3 amide bonds. The molecule has 0 radical (unpaired) electrons. The van der Waals surface area contributed by atoms with Crippen LogP contribution < -0.4 is 10.6 Å². The van der Waals surface area contributed by atoms with E-state index in [4.69, 9.17) is 0 Å². The lowest BCUT2D eigenvalue weighted by atomic mass is 10.1. The van der Waals surface area contributed by atoms with E-state index >= 15 is 0 Å². The fourth-order valence-electron chi connectivity index (χ4n) is 3.08. The van der Waals surface area contributed by atoms with Crippen LogP contribution in [0.25, 0.3) is 0 Å². The number of nitrogens with one attached hydrogen (secondary N) is 2. The van der Waals surface area contributed by atoms with Gasteiger partial charge >= 0.3 is 6.03 Å². The van der Waals surface area contributed by atoms with Crippen molar-refractivity contribution in [2.45, 2.75) is 45.7 Å². The minimum Gasteiger partial charge on any atom is -0.353 e. The van der Waals surface area contributed by atoms with Crippen LogP contribution in [-0.4, -0.2) is 66.5 Å². The number of rotatable bonds is 7. The number of carbonyl (C=O) groups is 2. The molecule has 1 saturated heterocycles. The molecule has 6 nitrogen and oxygen atoms in total. The Morgan fingerprint density at radius 2 is 1.65 bits per heavy atom. The quantitative estimate of drug-likeness (QED) is 0.780. The first kappa shape index (κ1) is 20.2. The van der Waals surface area contributed by atoms with Crippen LogP contribution in [0.4, 0.5) is 4.79 Å². The highest BCUT2D eigenvalue weighted by Gasteiger charge is 2.23. The van der Waals surface area contributed by atoms with Crippen molar-refractivity contribution in [3.05, 3.63) is 35.9 Å². The standard InChI is InChI=1S/C20H32N4O2/c1-16(2)21-19(25)15-23-11-13-24(14-12-23)20(26)22-17(3)9-10-18-7-5-4-6-8-18/h4-8,16-17H,9-15H2,1-3H3,(H,21,25)(H,22,26). The third-order valence-corrected chi connectivity index (χ3v) is 4.56. The molecule has 6 heteroatoms. The lowest BCUT2D eigenvalue weighted by Crippen LogP contribution is -2.54. The summed E-state index contributed by atoms with van der Waals surface area (Å²) < 4.78 is 0. The summed E-state index contributed by atoms with van der Waals surface area (Å²) in [4.78, 5) is 28.2. The van der Waals surface area contributed by atoms with E-state index < -0.39 is 0 Å². The van der Waals surface area contributed by atoms with Gasteiger partial charge in [-0.05, 0) is 39.2 Å². The van der Waals surface area contributed by atoms with E-state index in [1.54, 1.807) is 0 Å². The smallest absolute Gasteiger partial charge is 0.317 e. The molecule has 1 aromatic rings. The van der Waals surface area contributed by atoms with Gasteiger partial charge in [-0.15, -0.1) is 0 Å². The van der Waals surface area contributed by atoms with Crippen molar-refractivity contribution >= 4 is 11.9 Å². The summed E-state index contributed by atoms with van der Waals surface area (Å²) in [6.45, 7) is 9.15. The van der Waals surface area contributed by atoms with Crippen LogP contribution in [0, 0.1) is 0 Å². The summed E-state index contributed by atoms with van der Waals surface area (Å²) >= 11 is 0. The van der Waals surface area contributed by atoms with Gasteiger partial charge in [-0.25, -0.2) is 4.79 Å². The van der Waals surface area contributed by atoms with Gasteiger partial charge in [0.1, 0.15) is 0 Å².